The number of rotatable bonds is 6. The first-order valence-electron chi connectivity index (χ1n) is 4.59. The minimum atomic E-state index is -3.40. The first kappa shape index (κ1) is 14.7. The fourth-order valence-corrected chi connectivity index (χ4v) is 2.66. The lowest BCUT2D eigenvalue weighted by molar-refractivity contribution is -0.128. The highest BCUT2D eigenvalue weighted by atomic mass is 35.5. The lowest BCUT2D eigenvalue weighted by Crippen LogP contribution is -2.41. The number of carbonyl (C=O) groups excluding carboxylic acids is 1. The van der Waals surface area contributed by atoms with Gasteiger partial charge < -0.3 is 4.90 Å². The maximum Gasteiger partial charge on any atom is 0.237 e. The molecule has 0 aromatic carbocycles. The highest BCUT2D eigenvalue weighted by Gasteiger charge is 2.22. The van der Waals surface area contributed by atoms with E-state index in [0.29, 0.717) is 0 Å². The molecule has 1 amide bonds. The largest absolute Gasteiger partial charge is 0.348 e. The summed E-state index contributed by atoms with van der Waals surface area (Å²) < 4.78 is 24.3. The number of hydrogen-bond acceptors (Lipinski definition) is 3. The van der Waals surface area contributed by atoms with Gasteiger partial charge in [-0.25, -0.2) is 8.42 Å². The molecule has 7 heteroatoms. The van der Waals surface area contributed by atoms with Crippen LogP contribution in [-0.2, 0) is 14.8 Å². The van der Waals surface area contributed by atoms with Crippen molar-refractivity contribution in [2.45, 2.75) is 6.92 Å². The fourth-order valence-electron chi connectivity index (χ4n) is 0.926. The molecule has 0 aromatic heterocycles. The number of likely N-dealkylation sites (N-methyl/N-ethyl adjacent to an activating group) is 2. The Balaban J connectivity index is 4.57. The Morgan fingerprint density at radius 1 is 1.33 bits per heavy atom. The molecule has 0 radical (unpaired) electrons. The molecule has 0 spiro atoms. The van der Waals surface area contributed by atoms with E-state index >= 15 is 0 Å². The Morgan fingerprint density at radius 2 is 1.87 bits per heavy atom. The predicted molar refractivity (Wildman–Crippen MR) is 60.4 cm³/mol. The summed E-state index contributed by atoms with van der Waals surface area (Å²) in [6, 6.07) is 0. The van der Waals surface area contributed by atoms with Crippen LogP contribution >= 0.6 is 11.6 Å². The number of nitrogens with zero attached hydrogens (tertiary/aromatic N) is 2. The molecule has 5 nitrogen and oxygen atoms in total. The van der Waals surface area contributed by atoms with E-state index in [1.54, 1.807) is 21.0 Å². The maximum absolute atomic E-state index is 11.6. The van der Waals surface area contributed by atoms with Crippen molar-refractivity contribution in [2.24, 2.45) is 0 Å². The van der Waals surface area contributed by atoms with Crippen molar-refractivity contribution in [3.05, 3.63) is 0 Å². The van der Waals surface area contributed by atoms with Crippen molar-refractivity contribution in [3.8, 4) is 0 Å². The maximum atomic E-state index is 11.6. The van der Waals surface area contributed by atoms with E-state index in [-0.39, 0.29) is 30.6 Å². The predicted octanol–water partition coefficient (Wildman–Crippen LogP) is -0.0349. The van der Waals surface area contributed by atoms with E-state index < -0.39 is 10.0 Å². The molecule has 0 heterocycles. The monoisotopic (exact) mass is 256 g/mol. The van der Waals surface area contributed by atoms with Gasteiger partial charge in [0, 0.05) is 26.5 Å². The molecule has 0 rings (SSSR count). The van der Waals surface area contributed by atoms with Crippen molar-refractivity contribution >= 4 is 27.5 Å². The highest BCUT2D eigenvalue weighted by Crippen LogP contribution is 2.02. The molecule has 0 atom stereocenters. The fraction of sp³-hybridized carbons (Fsp3) is 0.875. The summed E-state index contributed by atoms with van der Waals surface area (Å²) in [6.07, 6.45) is 0. The normalized spacial score (nSPS) is 11.8. The second-order valence-electron chi connectivity index (χ2n) is 3.22. The van der Waals surface area contributed by atoms with Crippen LogP contribution in [0.4, 0.5) is 0 Å². The van der Waals surface area contributed by atoms with Crippen LogP contribution in [0.1, 0.15) is 6.92 Å². The summed E-state index contributed by atoms with van der Waals surface area (Å²) in [4.78, 5) is 12.7. The molecular weight excluding hydrogens is 240 g/mol. The third kappa shape index (κ3) is 4.81. The van der Waals surface area contributed by atoms with Gasteiger partial charge in [-0.1, -0.05) is 6.92 Å². The Labute approximate surface area is 96.0 Å². The number of hydrogen-bond donors (Lipinski definition) is 0. The average Bonchev–Trinajstić information content (AvgIpc) is 2.12. The number of alkyl halides is 1. The zero-order valence-corrected chi connectivity index (χ0v) is 10.8. The van der Waals surface area contributed by atoms with Gasteiger partial charge in [-0.15, -0.1) is 11.6 Å². The van der Waals surface area contributed by atoms with Crippen LogP contribution in [0.25, 0.3) is 0 Å². The summed E-state index contributed by atoms with van der Waals surface area (Å²) in [5, 5.41) is 0. The molecule has 0 N–H and O–H groups in total. The second-order valence-corrected chi connectivity index (χ2v) is 5.69. The van der Waals surface area contributed by atoms with Crippen molar-refractivity contribution in [1.29, 1.82) is 0 Å². The van der Waals surface area contributed by atoms with Crippen molar-refractivity contribution in [3.63, 3.8) is 0 Å². The Morgan fingerprint density at radius 3 is 2.20 bits per heavy atom. The second kappa shape index (κ2) is 6.30. The van der Waals surface area contributed by atoms with E-state index in [2.05, 4.69) is 0 Å². The quantitative estimate of drug-likeness (QED) is 0.627. The smallest absolute Gasteiger partial charge is 0.237 e. The Hall–Kier alpha value is -0.330. The summed E-state index contributed by atoms with van der Waals surface area (Å²) in [5.74, 6) is -0.340. The summed E-state index contributed by atoms with van der Waals surface area (Å²) in [5.41, 5.74) is 0. The molecule has 0 saturated heterocycles. The minimum Gasteiger partial charge on any atom is -0.348 e. The Kier molecular flexibility index (Phi) is 6.16. The lowest BCUT2D eigenvalue weighted by atomic mass is 10.5. The van der Waals surface area contributed by atoms with Crippen LogP contribution in [0.3, 0.4) is 0 Å². The molecule has 0 unspecified atom stereocenters. The van der Waals surface area contributed by atoms with Crippen LogP contribution in [0.15, 0.2) is 0 Å². The molecule has 0 aliphatic carbocycles. The summed E-state index contributed by atoms with van der Waals surface area (Å²) in [6.45, 7) is 1.84. The zero-order valence-electron chi connectivity index (χ0n) is 9.23. The molecule has 0 bridgehead atoms. The molecule has 0 saturated carbocycles. The van der Waals surface area contributed by atoms with Crippen LogP contribution in [0.5, 0.6) is 0 Å². The molecular formula is C8H17ClN2O3S. The zero-order chi connectivity index (χ0) is 12.1. The van der Waals surface area contributed by atoms with Crippen LogP contribution in [0.2, 0.25) is 0 Å². The van der Waals surface area contributed by atoms with Crippen molar-refractivity contribution < 1.29 is 13.2 Å². The highest BCUT2D eigenvalue weighted by molar-refractivity contribution is 7.89. The van der Waals surface area contributed by atoms with Gasteiger partial charge in [-0.3, -0.25) is 4.79 Å². The Bertz CT molecular complexity index is 303. The lowest BCUT2D eigenvalue weighted by Gasteiger charge is -2.21. The van der Waals surface area contributed by atoms with Gasteiger partial charge in [0.15, 0.2) is 0 Å². The van der Waals surface area contributed by atoms with E-state index in [0.717, 1.165) is 4.31 Å². The summed E-state index contributed by atoms with van der Waals surface area (Å²) in [7, 11) is -0.222. The van der Waals surface area contributed by atoms with Gasteiger partial charge in [0.25, 0.3) is 0 Å². The van der Waals surface area contributed by atoms with Crippen LogP contribution < -0.4 is 0 Å². The van der Waals surface area contributed by atoms with E-state index in [9.17, 15) is 13.2 Å². The molecule has 90 valence electrons. The molecule has 0 aliphatic heterocycles. The third-order valence-electron chi connectivity index (χ3n) is 1.89. The van der Waals surface area contributed by atoms with Gasteiger partial charge in [-0.05, 0) is 0 Å². The molecule has 0 aliphatic rings. The first-order valence-corrected chi connectivity index (χ1v) is 6.73. The number of amides is 1. The first-order chi connectivity index (χ1) is 6.85. The number of halogens is 1. The van der Waals surface area contributed by atoms with E-state index in [1.165, 1.54) is 4.90 Å². The number of carbonyl (C=O) groups is 1. The van der Waals surface area contributed by atoms with E-state index in [4.69, 9.17) is 11.6 Å². The standard InChI is InChI=1S/C8H17ClN2O3S/c1-4-11(7-8(12)10(2)3)15(13,14)6-5-9/h4-7H2,1-3H3. The van der Waals surface area contributed by atoms with Gasteiger partial charge in [0.05, 0.1) is 12.3 Å². The van der Waals surface area contributed by atoms with Crippen molar-refractivity contribution in [2.75, 3.05) is 38.8 Å². The molecule has 0 aromatic rings. The van der Waals surface area contributed by atoms with Gasteiger partial charge in [-0.2, -0.15) is 4.31 Å². The summed E-state index contributed by atoms with van der Waals surface area (Å²) >= 11 is 5.39. The topological polar surface area (TPSA) is 57.7 Å². The third-order valence-corrected chi connectivity index (χ3v) is 4.20. The minimum absolute atomic E-state index is 0.0367. The van der Waals surface area contributed by atoms with Crippen molar-refractivity contribution in [1.82, 2.24) is 9.21 Å². The van der Waals surface area contributed by atoms with E-state index in [1.807, 2.05) is 0 Å². The SMILES string of the molecule is CCN(CC(=O)N(C)C)S(=O)(=O)CCCl. The van der Waals surface area contributed by atoms with Gasteiger partial charge in [0.1, 0.15) is 0 Å². The van der Waals surface area contributed by atoms with Crippen LogP contribution in [-0.4, -0.2) is 62.3 Å². The molecule has 0 fully saturated rings. The van der Waals surface area contributed by atoms with Gasteiger partial charge >= 0.3 is 0 Å². The molecule has 15 heavy (non-hydrogen) atoms. The average molecular weight is 257 g/mol. The number of sulfonamides is 1. The van der Waals surface area contributed by atoms with Crippen LogP contribution in [0, 0.1) is 0 Å². The van der Waals surface area contributed by atoms with Gasteiger partial charge in [0.2, 0.25) is 15.9 Å².